The molecule has 5 N–H and O–H groups in total. The zero-order valence-corrected chi connectivity index (χ0v) is 10.3. The van der Waals surface area contributed by atoms with Crippen molar-refractivity contribution in [3.05, 3.63) is 29.3 Å². The summed E-state index contributed by atoms with van der Waals surface area (Å²) in [6.45, 7) is 1.43. The summed E-state index contributed by atoms with van der Waals surface area (Å²) in [6, 6.07) is 5.85. The highest BCUT2D eigenvalue weighted by Gasteiger charge is 2.17. The smallest absolute Gasteiger partial charge is 0.228 e. The number of aliphatic hydroxyl groups excluding tert-OH is 1. The quantitative estimate of drug-likeness (QED) is 0.518. The first-order valence-corrected chi connectivity index (χ1v) is 6.18. The van der Waals surface area contributed by atoms with Crippen molar-refractivity contribution < 1.29 is 9.90 Å². The minimum Gasteiger partial charge on any atom is -0.395 e. The summed E-state index contributed by atoms with van der Waals surface area (Å²) in [4.78, 5) is 11.2. The Balaban J connectivity index is 1.81. The molecule has 1 aromatic carbocycles. The van der Waals surface area contributed by atoms with Crippen molar-refractivity contribution >= 4 is 11.6 Å². The second kappa shape index (κ2) is 5.95. The minimum absolute atomic E-state index is 0.000371. The van der Waals surface area contributed by atoms with E-state index in [9.17, 15) is 4.79 Å². The van der Waals surface area contributed by atoms with Crippen LogP contribution >= 0.6 is 0 Å². The number of carbonyl (C=O) groups excluding carboxylic acids is 1. The van der Waals surface area contributed by atoms with Crippen LogP contribution in [0.2, 0.25) is 0 Å². The lowest BCUT2D eigenvalue weighted by atomic mass is 10.1. The standard InChI is InChI=1S/C13H19N3O2/c14-11(8-17)7-15-4-3-9-1-2-12-10(5-9)6-13(18)16-12/h1-2,5,11,15,17H,3-4,6-8,14H2,(H,16,18). The van der Waals surface area contributed by atoms with Crippen LogP contribution in [0.15, 0.2) is 18.2 Å². The molecule has 0 aromatic heterocycles. The molecule has 98 valence electrons. The molecule has 0 spiro atoms. The van der Waals surface area contributed by atoms with Crippen LogP contribution in [-0.2, 0) is 17.6 Å². The van der Waals surface area contributed by atoms with Crippen LogP contribution in [0.25, 0.3) is 0 Å². The predicted octanol–water partition coefficient (Wildman–Crippen LogP) is -0.367. The summed E-state index contributed by atoms with van der Waals surface area (Å²) in [5, 5.41) is 14.8. The Kier molecular flexibility index (Phi) is 4.30. The van der Waals surface area contributed by atoms with Gasteiger partial charge in [0.15, 0.2) is 0 Å². The summed E-state index contributed by atoms with van der Waals surface area (Å²) in [5.41, 5.74) is 8.79. The summed E-state index contributed by atoms with van der Waals surface area (Å²) in [7, 11) is 0. The molecule has 0 saturated heterocycles. The molecule has 0 bridgehead atoms. The van der Waals surface area contributed by atoms with Gasteiger partial charge in [-0.15, -0.1) is 0 Å². The van der Waals surface area contributed by atoms with E-state index in [4.69, 9.17) is 10.8 Å². The normalized spacial score (nSPS) is 15.3. The number of rotatable bonds is 6. The number of fused-ring (bicyclic) bond motifs is 1. The maximum absolute atomic E-state index is 11.2. The van der Waals surface area contributed by atoms with Crippen LogP contribution in [0.3, 0.4) is 0 Å². The number of anilines is 1. The molecule has 1 unspecified atom stereocenters. The minimum atomic E-state index is -0.202. The lowest BCUT2D eigenvalue weighted by Gasteiger charge is -2.10. The van der Waals surface area contributed by atoms with Gasteiger partial charge in [-0.25, -0.2) is 0 Å². The molecule has 1 amide bonds. The van der Waals surface area contributed by atoms with E-state index in [0.717, 1.165) is 24.2 Å². The first-order chi connectivity index (χ1) is 8.69. The first kappa shape index (κ1) is 13.0. The van der Waals surface area contributed by atoms with Crippen LogP contribution < -0.4 is 16.4 Å². The van der Waals surface area contributed by atoms with Gasteiger partial charge in [0.2, 0.25) is 5.91 Å². The van der Waals surface area contributed by atoms with Crippen molar-refractivity contribution in [2.24, 2.45) is 5.73 Å². The lowest BCUT2D eigenvalue weighted by Crippen LogP contribution is -2.37. The van der Waals surface area contributed by atoms with Crippen LogP contribution in [-0.4, -0.2) is 36.8 Å². The third kappa shape index (κ3) is 3.29. The number of amides is 1. The molecule has 1 atom stereocenters. The van der Waals surface area contributed by atoms with Crippen LogP contribution in [0, 0.1) is 0 Å². The molecule has 18 heavy (non-hydrogen) atoms. The highest BCUT2D eigenvalue weighted by atomic mass is 16.3. The maximum atomic E-state index is 11.2. The zero-order valence-electron chi connectivity index (χ0n) is 10.3. The average Bonchev–Trinajstić information content (AvgIpc) is 2.73. The maximum Gasteiger partial charge on any atom is 0.228 e. The molecule has 1 heterocycles. The number of benzene rings is 1. The Labute approximate surface area is 106 Å². The van der Waals surface area contributed by atoms with Gasteiger partial charge >= 0.3 is 0 Å². The van der Waals surface area contributed by atoms with E-state index in [1.54, 1.807) is 0 Å². The van der Waals surface area contributed by atoms with Gasteiger partial charge in [-0.05, 0) is 30.2 Å². The van der Waals surface area contributed by atoms with E-state index in [1.165, 1.54) is 5.56 Å². The van der Waals surface area contributed by atoms with E-state index in [-0.39, 0.29) is 18.6 Å². The Morgan fingerprint density at radius 1 is 1.50 bits per heavy atom. The largest absolute Gasteiger partial charge is 0.395 e. The molecular formula is C13H19N3O2. The molecule has 0 fully saturated rings. The van der Waals surface area contributed by atoms with Gasteiger partial charge in [-0.3, -0.25) is 4.79 Å². The van der Waals surface area contributed by atoms with Gasteiger partial charge < -0.3 is 21.5 Å². The highest BCUT2D eigenvalue weighted by Crippen LogP contribution is 2.23. The Morgan fingerprint density at radius 3 is 3.11 bits per heavy atom. The van der Waals surface area contributed by atoms with E-state index in [0.29, 0.717) is 13.0 Å². The van der Waals surface area contributed by atoms with E-state index < -0.39 is 0 Å². The van der Waals surface area contributed by atoms with Crippen molar-refractivity contribution in [1.82, 2.24) is 5.32 Å². The van der Waals surface area contributed by atoms with Gasteiger partial charge in [-0.1, -0.05) is 12.1 Å². The molecule has 0 radical (unpaired) electrons. The molecule has 5 nitrogen and oxygen atoms in total. The SMILES string of the molecule is NC(CO)CNCCc1ccc2c(c1)CC(=O)N2. The molecule has 0 aliphatic carbocycles. The number of hydrogen-bond acceptors (Lipinski definition) is 4. The van der Waals surface area contributed by atoms with E-state index >= 15 is 0 Å². The lowest BCUT2D eigenvalue weighted by molar-refractivity contribution is -0.115. The second-order valence-corrected chi connectivity index (χ2v) is 4.61. The van der Waals surface area contributed by atoms with Crippen molar-refractivity contribution in [3.63, 3.8) is 0 Å². The monoisotopic (exact) mass is 249 g/mol. The zero-order chi connectivity index (χ0) is 13.0. The number of nitrogens with one attached hydrogen (secondary N) is 2. The molecule has 5 heteroatoms. The van der Waals surface area contributed by atoms with Crippen molar-refractivity contribution in [1.29, 1.82) is 0 Å². The number of aliphatic hydroxyl groups is 1. The highest BCUT2D eigenvalue weighted by molar-refractivity contribution is 5.99. The van der Waals surface area contributed by atoms with Crippen LogP contribution in [0.1, 0.15) is 11.1 Å². The summed E-state index contributed by atoms with van der Waals surface area (Å²) in [5.74, 6) is 0.0641. The molecule has 1 aliphatic heterocycles. The van der Waals surface area contributed by atoms with Gasteiger partial charge in [0, 0.05) is 18.3 Å². The van der Waals surface area contributed by atoms with Crippen molar-refractivity contribution in [2.45, 2.75) is 18.9 Å². The number of hydrogen-bond donors (Lipinski definition) is 4. The average molecular weight is 249 g/mol. The number of nitrogens with two attached hydrogens (primary N) is 1. The van der Waals surface area contributed by atoms with Crippen LogP contribution in [0.5, 0.6) is 0 Å². The topological polar surface area (TPSA) is 87.4 Å². The van der Waals surface area contributed by atoms with E-state index in [1.807, 2.05) is 12.1 Å². The third-order valence-corrected chi connectivity index (χ3v) is 3.03. The fourth-order valence-corrected chi connectivity index (χ4v) is 2.02. The molecule has 2 rings (SSSR count). The van der Waals surface area contributed by atoms with Gasteiger partial charge in [0.25, 0.3) is 0 Å². The molecule has 1 aromatic rings. The predicted molar refractivity (Wildman–Crippen MR) is 70.4 cm³/mol. The van der Waals surface area contributed by atoms with E-state index in [2.05, 4.69) is 16.7 Å². The van der Waals surface area contributed by atoms with Crippen molar-refractivity contribution in [2.75, 3.05) is 25.0 Å². The molecule has 0 saturated carbocycles. The van der Waals surface area contributed by atoms with Crippen molar-refractivity contribution in [3.8, 4) is 0 Å². The second-order valence-electron chi connectivity index (χ2n) is 4.61. The Bertz CT molecular complexity index is 434. The summed E-state index contributed by atoms with van der Waals surface area (Å²) >= 11 is 0. The first-order valence-electron chi connectivity index (χ1n) is 6.18. The van der Waals surface area contributed by atoms with Gasteiger partial charge in [-0.2, -0.15) is 0 Å². The fourth-order valence-electron chi connectivity index (χ4n) is 2.02. The molecular weight excluding hydrogens is 230 g/mol. The third-order valence-electron chi connectivity index (χ3n) is 3.03. The summed E-state index contributed by atoms with van der Waals surface area (Å²) in [6.07, 6.45) is 1.37. The Morgan fingerprint density at radius 2 is 2.33 bits per heavy atom. The van der Waals surface area contributed by atoms with Gasteiger partial charge in [0.05, 0.1) is 13.0 Å². The van der Waals surface area contributed by atoms with Gasteiger partial charge in [0.1, 0.15) is 0 Å². The number of carbonyl (C=O) groups is 1. The fraction of sp³-hybridized carbons (Fsp3) is 0.462. The Hall–Kier alpha value is -1.43. The summed E-state index contributed by atoms with van der Waals surface area (Å²) < 4.78 is 0. The van der Waals surface area contributed by atoms with Crippen LogP contribution in [0.4, 0.5) is 5.69 Å². The molecule has 1 aliphatic rings.